The Hall–Kier alpha value is -1.34. The van der Waals surface area contributed by atoms with Crippen LogP contribution in [0.5, 0.6) is 0 Å². The van der Waals surface area contributed by atoms with Crippen molar-refractivity contribution in [2.24, 2.45) is 0 Å². The molecule has 1 aliphatic carbocycles. The highest BCUT2D eigenvalue weighted by Gasteiger charge is 2.21. The summed E-state index contributed by atoms with van der Waals surface area (Å²) in [5, 5.41) is 15.2. The number of hydrogen-bond donors (Lipinski definition) is 3. The monoisotopic (exact) mass is 298 g/mol. The molecule has 7 nitrogen and oxygen atoms in total. The van der Waals surface area contributed by atoms with E-state index >= 15 is 0 Å². The van der Waals surface area contributed by atoms with Crippen molar-refractivity contribution < 1.29 is 14.7 Å². The van der Waals surface area contributed by atoms with Gasteiger partial charge < -0.3 is 20.6 Å². The van der Waals surface area contributed by atoms with Crippen LogP contribution in [0.4, 0.5) is 4.79 Å². The van der Waals surface area contributed by atoms with Crippen LogP contribution < -0.4 is 10.6 Å². The minimum atomic E-state index is -0.809. The van der Waals surface area contributed by atoms with Crippen LogP contribution in [0.1, 0.15) is 25.7 Å². The summed E-state index contributed by atoms with van der Waals surface area (Å²) in [4.78, 5) is 26.4. The molecule has 1 saturated carbocycles. The van der Waals surface area contributed by atoms with Crippen LogP contribution in [0, 0.1) is 0 Å². The normalized spacial score (nSPS) is 20.1. The van der Waals surface area contributed by atoms with Crippen LogP contribution in [0.2, 0.25) is 0 Å². The van der Waals surface area contributed by atoms with Gasteiger partial charge in [0.05, 0.1) is 6.54 Å². The van der Waals surface area contributed by atoms with Crippen LogP contribution in [0.3, 0.4) is 0 Å². The summed E-state index contributed by atoms with van der Waals surface area (Å²) in [5.41, 5.74) is 0. The highest BCUT2D eigenvalue weighted by Crippen LogP contribution is 2.18. The zero-order valence-corrected chi connectivity index (χ0v) is 12.5. The predicted molar refractivity (Wildman–Crippen MR) is 79.3 cm³/mol. The van der Waals surface area contributed by atoms with Crippen molar-refractivity contribution in [1.29, 1.82) is 0 Å². The Kier molecular flexibility index (Phi) is 6.25. The number of hydrogen-bond acceptors (Lipinski definition) is 4. The third kappa shape index (κ3) is 6.31. The molecule has 3 N–H and O–H groups in total. The zero-order valence-electron chi connectivity index (χ0n) is 12.5. The van der Waals surface area contributed by atoms with Crippen molar-refractivity contribution in [2.45, 2.75) is 31.7 Å². The molecule has 7 heteroatoms. The Labute approximate surface area is 125 Å². The smallest absolute Gasteiger partial charge is 0.317 e. The SMILES string of the molecule is O=C(O)CN1CCCN(C(=O)NCCCNC2CC2)CC1. The topological polar surface area (TPSA) is 84.9 Å². The number of rotatable bonds is 7. The van der Waals surface area contributed by atoms with Crippen LogP contribution in [0.25, 0.3) is 0 Å². The van der Waals surface area contributed by atoms with Gasteiger partial charge in [0.15, 0.2) is 0 Å². The third-order valence-electron chi connectivity index (χ3n) is 3.87. The number of nitrogens with zero attached hydrogens (tertiary/aromatic N) is 2. The van der Waals surface area contributed by atoms with Gasteiger partial charge >= 0.3 is 12.0 Å². The first-order valence-corrected chi connectivity index (χ1v) is 7.85. The lowest BCUT2D eigenvalue weighted by atomic mass is 10.4. The molecule has 0 unspecified atom stereocenters. The van der Waals surface area contributed by atoms with E-state index in [1.54, 1.807) is 4.90 Å². The fraction of sp³-hybridized carbons (Fsp3) is 0.857. The lowest BCUT2D eigenvalue weighted by Gasteiger charge is -2.21. The first-order valence-electron chi connectivity index (χ1n) is 7.85. The van der Waals surface area contributed by atoms with Crippen LogP contribution in [-0.2, 0) is 4.79 Å². The van der Waals surface area contributed by atoms with E-state index in [-0.39, 0.29) is 12.6 Å². The van der Waals surface area contributed by atoms with Gasteiger partial charge in [-0.1, -0.05) is 0 Å². The van der Waals surface area contributed by atoms with Gasteiger partial charge in [-0.25, -0.2) is 4.79 Å². The highest BCUT2D eigenvalue weighted by molar-refractivity contribution is 5.74. The maximum atomic E-state index is 12.0. The molecule has 21 heavy (non-hydrogen) atoms. The minimum absolute atomic E-state index is 0.0291. The molecule has 1 aliphatic heterocycles. The average Bonchev–Trinajstić information content (AvgIpc) is 3.25. The first kappa shape index (κ1) is 16.0. The molecule has 2 rings (SSSR count). The molecule has 0 aromatic rings. The quantitative estimate of drug-likeness (QED) is 0.573. The molecule has 1 saturated heterocycles. The van der Waals surface area contributed by atoms with E-state index in [2.05, 4.69) is 10.6 Å². The molecule has 2 fully saturated rings. The van der Waals surface area contributed by atoms with Gasteiger partial charge in [-0.2, -0.15) is 0 Å². The molecule has 2 amide bonds. The van der Waals surface area contributed by atoms with Crippen LogP contribution in [0.15, 0.2) is 0 Å². The Morgan fingerprint density at radius 1 is 1.10 bits per heavy atom. The number of carboxylic acid groups (broad SMARTS) is 1. The number of amides is 2. The van der Waals surface area contributed by atoms with Crippen molar-refractivity contribution >= 4 is 12.0 Å². The first-order chi connectivity index (χ1) is 10.1. The van der Waals surface area contributed by atoms with Crippen molar-refractivity contribution in [3.63, 3.8) is 0 Å². The number of aliphatic carboxylic acids is 1. The molecule has 0 spiro atoms. The van der Waals surface area contributed by atoms with E-state index in [1.165, 1.54) is 12.8 Å². The van der Waals surface area contributed by atoms with E-state index in [1.807, 2.05) is 4.90 Å². The molecule has 0 aromatic carbocycles. The lowest BCUT2D eigenvalue weighted by Crippen LogP contribution is -2.43. The van der Waals surface area contributed by atoms with Crippen molar-refractivity contribution in [3.8, 4) is 0 Å². The molecule has 1 heterocycles. The number of carbonyl (C=O) groups is 2. The molecule has 0 bridgehead atoms. The number of urea groups is 1. The second kappa shape index (κ2) is 8.19. The van der Waals surface area contributed by atoms with Crippen LogP contribution >= 0.6 is 0 Å². The summed E-state index contributed by atoms with van der Waals surface area (Å²) in [6, 6.07) is 0.685. The summed E-state index contributed by atoms with van der Waals surface area (Å²) in [6.45, 7) is 4.36. The molecule has 0 radical (unpaired) electrons. The fourth-order valence-corrected chi connectivity index (χ4v) is 2.51. The third-order valence-corrected chi connectivity index (χ3v) is 3.87. The molecule has 120 valence electrons. The number of carboxylic acids is 1. The van der Waals surface area contributed by atoms with E-state index in [0.717, 1.165) is 25.9 Å². The maximum Gasteiger partial charge on any atom is 0.317 e. The molecular formula is C14H26N4O3. The molecule has 0 aromatic heterocycles. The van der Waals surface area contributed by atoms with Gasteiger partial charge in [0, 0.05) is 38.8 Å². The Morgan fingerprint density at radius 2 is 1.90 bits per heavy atom. The summed E-state index contributed by atoms with van der Waals surface area (Å²) < 4.78 is 0. The summed E-state index contributed by atoms with van der Waals surface area (Å²) >= 11 is 0. The zero-order chi connectivity index (χ0) is 15.1. The average molecular weight is 298 g/mol. The molecular weight excluding hydrogens is 272 g/mol. The Bertz CT molecular complexity index is 360. The molecule has 0 atom stereocenters. The predicted octanol–water partition coefficient (Wildman–Crippen LogP) is -0.0696. The van der Waals surface area contributed by atoms with Gasteiger partial charge in [-0.3, -0.25) is 9.69 Å². The highest BCUT2D eigenvalue weighted by atomic mass is 16.4. The van der Waals surface area contributed by atoms with E-state index in [9.17, 15) is 9.59 Å². The number of carbonyl (C=O) groups excluding carboxylic acids is 1. The van der Waals surface area contributed by atoms with Gasteiger partial charge in [0.2, 0.25) is 0 Å². The molecule has 2 aliphatic rings. The summed E-state index contributed by atoms with van der Waals surface area (Å²) in [6.07, 6.45) is 4.34. The maximum absolute atomic E-state index is 12.0. The van der Waals surface area contributed by atoms with Crippen molar-refractivity contribution in [1.82, 2.24) is 20.4 Å². The van der Waals surface area contributed by atoms with E-state index in [4.69, 9.17) is 5.11 Å². The van der Waals surface area contributed by atoms with Gasteiger partial charge in [-0.15, -0.1) is 0 Å². The largest absolute Gasteiger partial charge is 0.480 e. The van der Waals surface area contributed by atoms with Crippen LogP contribution in [-0.4, -0.2) is 78.8 Å². The second-order valence-corrected chi connectivity index (χ2v) is 5.82. The van der Waals surface area contributed by atoms with E-state index < -0.39 is 5.97 Å². The summed E-state index contributed by atoms with van der Waals surface area (Å²) in [7, 11) is 0. The van der Waals surface area contributed by atoms with Gasteiger partial charge in [0.25, 0.3) is 0 Å². The Morgan fingerprint density at radius 3 is 2.62 bits per heavy atom. The Balaban J connectivity index is 1.59. The summed E-state index contributed by atoms with van der Waals surface area (Å²) in [5.74, 6) is -0.809. The fourth-order valence-electron chi connectivity index (χ4n) is 2.51. The lowest BCUT2D eigenvalue weighted by molar-refractivity contribution is -0.138. The van der Waals surface area contributed by atoms with E-state index in [0.29, 0.717) is 32.2 Å². The second-order valence-electron chi connectivity index (χ2n) is 5.82. The minimum Gasteiger partial charge on any atom is -0.480 e. The van der Waals surface area contributed by atoms with Crippen molar-refractivity contribution in [2.75, 3.05) is 45.8 Å². The standard InChI is InChI=1S/C14H26N4O3/c19-13(20)11-17-7-2-8-18(10-9-17)14(21)16-6-1-5-15-12-3-4-12/h12,15H,1-11H2,(H,16,21)(H,19,20). The van der Waals surface area contributed by atoms with Gasteiger partial charge in [0.1, 0.15) is 0 Å². The van der Waals surface area contributed by atoms with Crippen molar-refractivity contribution in [3.05, 3.63) is 0 Å². The number of nitrogens with one attached hydrogen (secondary N) is 2. The van der Waals surface area contributed by atoms with Gasteiger partial charge in [-0.05, 0) is 32.2 Å².